The van der Waals surface area contributed by atoms with Gasteiger partial charge in [-0.25, -0.2) is 9.78 Å². The maximum Gasteiger partial charge on any atom is 0.325 e. The van der Waals surface area contributed by atoms with Crippen LogP contribution in [0.15, 0.2) is 53.3 Å². The maximum absolute atomic E-state index is 13.1. The molecule has 9 nitrogen and oxygen atoms in total. The predicted molar refractivity (Wildman–Crippen MR) is 122 cm³/mol. The number of aromatic nitrogens is 2. The number of rotatable bonds is 6. The number of urea groups is 1. The topological polar surface area (TPSA) is 115 Å². The molecule has 1 aliphatic heterocycles. The molecule has 0 aliphatic carbocycles. The van der Waals surface area contributed by atoms with E-state index in [-0.39, 0.29) is 12.1 Å². The number of H-pyrrole nitrogens is 1. The number of carbonyl (C=O) groups is 3. The van der Waals surface area contributed by atoms with Crippen LogP contribution in [0, 0.1) is 6.92 Å². The molecule has 1 saturated heterocycles. The Bertz CT molecular complexity index is 1300. The van der Waals surface area contributed by atoms with Gasteiger partial charge in [0.2, 0.25) is 5.91 Å². The van der Waals surface area contributed by atoms with Gasteiger partial charge in [-0.15, -0.1) is 0 Å². The van der Waals surface area contributed by atoms with Gasteiger partial charge in [-0.1, -0.05) is 42.0 Å². The number of para-hydroxylation sites is 1. The van der Waals surface area contributed by atoms with E-state index >= 15 is 0 Å². The van der Waals surface area contributed by atoms with Crippen molar-refractivity contribution in [2.24, 2.45) is 0 Å². The van der Waals surface area contributed by atoms with Gasteiger partial charge in [-0.2, -0.15) is 0 Å². The minimum atomic E-state index is -1.24. The van der Waals surface area contributed by atoms with Crippen molar-refractivity contribution in [3.05, 3.63) is 75.8 Å². The molecule has 9 heteroatoms. The van der Waals surface area contributed by atoms with Crippen LogP contribution in [0.25, 0.3) is 10.9 Å². The number of carbonyl (C=O) groups excluding carboxylic acids is 3. The maximum atomic E-state index is 13.1. The van der Waals surface area contributed by atoms with Gasteiger partial charge < -0.3 is 15.2 Å². The molecular formula is C24H25N5O4. The van der Waals surface area contributed by atoms with Crippen molar-refractivity contribution in [2.75, 3.05) is 13.1 Å². The van der Waals surface area contributed by atoms with Gasteiger partial charge in [0.25, 0.3) is 11.5 Å². The monoisotopic (exact) mass is 447 g/mol. The van der Waals surface area contributed by atoms with Crippen molar-refractivity contribution >= 4 is 28.7 Å². The summed E-state index contributed by atoms with van der Waals surface area (Å²) in [7, 11) is 0. The Morgan fingerprint density at radius 2 is 1.79 bits per heavy atom. The molecule has 2 N–H and O–H groups in total. The van der Waals surface area contributed by atoms with Gasteiger partial charge in [0, 0.05) is 6.54 Å². The first-order chi connectivity index (χ1) is 15.7. The Balaban J connectivity index is 1.52. The molecule has 1 aliphatic rings. The van der Waals surface area contributed by atoms with Gasteiger partial charge in [0.1, 0.15) is 17.9 Å². The number of benzene rings is 2. The SMILES string of the molecule is CCN(Cc1nc2ccccc2c(=O)[nH]1)C(=O)CN1C(=O)N[C@](C)(c2ccc(C)cc2)C1=O. The van der Waals surface area contributed by atoms with Crippen molar-refractivity contribution in [3.63, 3.8) is 0 Å². The number of amides is 4. The number of imide groups is 1. The Morgan fingerprint density at radius 3 is 2.48 bits per heavy atom. The fourth-order valence-corrected chi connectivity index (χ4v) is 3.93. The van der Waals surface area contributed by atoms with Crippen molar-refractivity contribution in [1.29, 1.82) is 0 Å². The minimum Gasteiger partial charge on any atom is -0.334 e. The van der Waals surface area contributed by atoms with Crippen LogP contribution in [0.1, 0.15) is 30.8 Å². The average Bonchev–Trinajstić information content (AvgIpc) is 3.01. The predicted octanol–water partition coefficient (Wildman–Crippen LogP) is 2.05. The van der Waals surface area contributed by atoms with Gasteiger partial charge >= 0.3 is 6.03 Å². The zero-order valence-corrected chi connectivity index (χ0v) is 18.7. The molecule has 170 valence electrons. The second kappa shape index (κ2) is 8.50. The van der Waals surface area contributed by atoms with E-state index in [0.717, 1.165) is 10.5 Å². The molecule has 2 aromatic carbocycles. The molecular weight excluding hydrogens is 422 g/mol. The van der Waals surface area contributed by atoms with E-state index in [1.807, 2.05) is 19.1 Å². The van der Waals surface area contributed by atoms with E-state index in [1.54, 1.807) is 50.2 Å². The lowest BCUT2D eigenvalue weighted by Gasteiger charge is -2.24. The Morgan fingerprint density at radius 1 is 1.09 bits per heavy atom. The number of hydrogen-bond donors (Lipinski definition) is 2. The summed E-state index contributed by atoms with van der Waals surface area (Å²) in [4.78, 5) is 60.6. The third-order valence-corrected chi connectivity index (χ3v) is 5.93. The molecule has 0 spiro atoms. The lowest BCUT2D eigenvalue weighted by Crippen LogP contribution is -2.44. The van der Waals surface area contributed by atoms with E-state index in [9.17, 15) is 19.2 Å². The first-order valence-electron chi connectivity index (χ1n) is 10.7. The van der Waals surface area contributed by atoms with Crippen LogP contribution in [0.3, 0.4) is 0 Å². The van der Waals surface area contributed by atoms with Gasteiger partial charge in [-0.05, 0) is 38.5 Å². The number of hydrogen-bond acceptors (Lipinski definition) is 5. The van der Waals surface area contributed by atoms with E-state index in [2.05, 4.69) is 15.3 Å². The zero-order valence-electron chi connectivity index (χ0n) is 18.7. The summed E-state index contributed by atoms with van der Waals surface area (Å²) in [6, 6.07) is 13.6. The first kappa shape index (κ1) is 22.2. The number of nitrogens with one attached hydrogen (secondary N) is 2. The number of likely N-dealkylation sites (N-methyl/N-ethyl adjacent to an activating group) is 1. The van der Waals surface area contributed by atoms with Crippen molar-refractivity contribution < 1.29 is 14.4 Å². The van der Waals surface area contributed by atoms with E-state index in [1.165, 1.54) is 4.90 Å². The Hall–Kier alpha value is -4.01. The molecule has 1 aromatic heterocycles. The van der Waals surface area contributed by atoms with Crippen molar-refractivity contribution in [1.82, 2.24) is 25.1 Å². The van der Waals surface area contributed by atoms with Crippen LogP contribution in [0.2, 0.25) is 0 Å². The molecule has 3 aromatic rings. The number of fused-ring (bicyclic) bond motifs is 1. The first-order valence-corrected chi connectivity index (χ1v) is 10.7. The fraction of sp³-hybridized carbons (Fsp3) is 0.292. The average molecular weight is 447 g/mol. The highest BCUT2D eigenvalue weighted by Crippen LogP contribution is 2.29. The lowest BCUT2D eigenvalue weighted by molar-refractivity contribution is -0.139. The van der Waals surface area contributed by atoms with Crippen LogP contribution in [-0.2, 0) is 21.7 Å². The molecule has 1 fully saturated rings. The van der Waals surface area contributed by atoms with Crippen molar-refractivity contribution in [3.8, 4) is 0 Å². The second-order valence-corrected chi connectivity index (χ2v) is 8.25. The highest BCUT2D eigenvalue weighted by Gasteiger charge is 2.49. The summed E-state index contributed by atoms with van der Waals surface area (Å²) >= 11 is 0. The summed E-state index contributed by atoms with van der Waals surface area (Å²) in [5.41, 5.74) is 0.675. The molecule has 0 saturated carbocycles. The molecule has 33 heavy (non-hydrogen) atoms. The number of aryl methyl sites for hydroxylation is 1. The Labute approximate surface area is 190 Å². The smallest absolute Gasteiger partial charge is 0.325 e. The summed E-state index contributed by atoms with van der Waals surface area (Å²) in [5.74, 6) is -0.585. The van der Waals surface area contributed by atoms with Crippen molar-refractivity contribution in [2.45, 2.75) is 32.9 Å². The van der Waals surface area contributed by atoms with Crippen LogP contribution < -0.4 is 10.9 Å². The van der Waals surface area contributed by atoms with E-state index < -0.39 is 29.9 Å². The quantitative estimate of drug-likeness (QED) is 0.561. The van der Waals surface area contributed by atoms with Gasteiger partial charge in [0.15, 0.2) is 0 Å². The standard InChI is InChI=1S/C24H25N5O4/c1-4-28(13-19-25-18-8-6-5-7-17(18)21(31)26-19)20(30)14-29-22(32)24(3,27-23(29)33)16-11-9-15(2)10-12-16/h5-12H,4,13-14H2,1-3H3,(H,27,33)(H,25,26,31)/t24-/m1/s1. The molecule has 2 heterocycles. The normalized spacial score (nSPS) is 18.0. The molecule has 4 amide bonds. The highest BCUT2D eigenvalue weighted by atomic mass is 16.2. The number of aromatic amines is 1. The molecule has 4 rings (SSSR count). The van der Waals surface area contributed by atoms with Gasteiger partial charge in [0.05, 0.1) is 17.4 Å². The number of nitrogens with zero attached hydrogens (tertiary/aromatic N) is 3. The van der Waals surface area contributed by atoms with Crippen LogP contribution in [0.4, 0.5) is 4.79 Å². The van der Waals surface area contributed by atoms with Crippen LogP contribution in [0.5, 0.6) is 0 Å². The molecule has 0 unspecified atom stereocenters. The van der Waals surface area contributed by atoms with Crippen LogP contribution >= 0.6 is 0 Å². The van der Waals surface area contributed by atoms with E-state index in [0.29, 0.717) is 28.8 Å². The van der Waals surface area contributed by atoms with E-state index in [4.69, 9.17) is 0 Å². The molecule has 1 atom stereocenters. The summed E-state index contributed by atoms with van der Waals surface area (Å²) in [5, 5.41) is 3.18. The highest BCUT2D eigenvalue weighted by molar-refractivity contribution is 6.09. The third-order valence-electron chi connectivity index (χ3n) is 5.93. The second-order valence-electron chi connectivity index (χ2n) is 8.25. The lowest BCUT2D eigenvalue weighted by atomic mass is 9.91. The summed E-state index contributed by atoms with van der Waals surface area (Å²) in [6.07, 6.45) is 0. The minimum absolute atomic E-state index is 0.0499. The third kappa shape index (κ3) is 4.09. The summed E-state index contributed by atoms with van der Waals surface area (Å²) in [6.45, 7) is 5.30. The molecule has 0 radical (unpaired) electrons. The Kier molecular flexibility index (Phi) is 5.71. The van der Waals surface area contributed by atoms with Gasteiger partial charge in [-0.3, -0.25) is 19.3 Å². The largest absolute Gasteiger partial charge is 0.334 e. The zero-order chi connectivity index (χ0) is 23.8. The fourth-order valence-electron chi connectivity index (χ4n) is 3.93. The van der Waals surface area contributed by atoms with Crippen LogP contribution in [-0.4, -0.2) is 50.7 Å². The molecule has 0 bridgehead atoms. The summed E-state index contributed by atoms with van der Waals surface area (Å²) < 4.78 is 0.